The Kier molecular flexibility index (Phi) is 3.74. The van der Waals surface area contributed by atoms with Gasteiger partial charge >= 0.3 is 0 Å². The number of aromatic hydroxyl groups is 1. The highest BCUT2D eigenvalue weighted by molar-refractivity contribution is 5.48. The standard InChI is InChI=1S/C16H18FNO/c1-10-4-14(17)8-15(5-10)18-9-13-6-11(2)16(19)12(3)7-13/h4-8,18-19H,9H2,1-3H3. The summed E-state index contributed by atoms with van der Waals surface area (Å²) in [5.74, 6) is 0.103. The normalized spacial score (nSPS) is 10.5. The molecule has 0 heterocycles. The molecule has 0 aliphatic heterocycles. The molecule has 0 aliphatic carbocycles. The lowest BCUT2D eigenvalue weighted by atomic mass is 10.1. The van der Waals surface area contributed by atoms with Gasteiger partial charge in [0.15, 0.2) is 0 Å². The lowest BCUT2D eigenvalue weighted by molar-refractivity contribution is 0.466. The van der Waals surface area contributed by atoms with E-state index < -0.39 is 0 Å². The Morgan fingerprint density at radius 3 is 2.21 bits per heavy atom. The first-order valence-electron chi connectivity index (χ1n) is 6.26. The number of rotatable bonds is 3. The maximum atomic E-state index is 13.3. The van der Waals surface area contributed by atoms with Crippen LogP contribution in [0.15, 0.2) is 30.3 Å². The number of anilines is 1. The number of phenolic OH excluding ortho intramolecular Hbond substituents is 1. The molecule has 0 aromatic heterocycles. The van der Waals surface area contributed by atoms with Gasteiger partial charge in [0.25, 0.3) is 0 Å². The van der Waals surface area contributed by atoms with Crippen LogP contribution in [0.1, 0.15) is 22.3 Å². The average molecular weight is 259 g/mol. The second-order valence-electron chi connectivity index (χ2n) is 4.95. The third-order valence-corrected chi connectivity index (χ3v) is 3.09. The monoisotopic (exact) mass is 259 g/mol. The van der Waals surface area contributed by atoms with Crippen LogP contribution >= 0.6 is 0 Å². The van der Waals surface area contributed by atoms with E-state index >= 15 is 0 Å². The maximum absolute atomic E-state index is 13.3. The van der Waals surface area contributed by atoms with Crippen LogP contribution in [0, 0.1) is 26.6 Å². The van der Waals surface area contributed by atoms with E-state index in [9.17, 15) is 9.50 Å². The summed E-state index contributed by atoms with van der Waals surface area (Å²) in [6.07, 6.45) is 0. The third kappa shape index (κ3) is 3.25. The highest BCUT2D eigenvalue weighted by atomic mass is 19.1. The number of aryl methyl sites for hydroxylation is 3. The van der Waals surface area contributed by atoms with Crippen molar-refractivity contribution in [1.82, 2.24) is 0 Å². The Hall–Kier alpha value is -2.03. The SMILES string of the molecule is Cc1cc(F)cc(NCc2cc(C)c(O)c(C)c2)c1. The number of phenols is 1. The van der Waals surface area contributed by atoms with Crippen LogP contribution < -0.4 is 5.32 Å². The van der Waals surface area contributed by atoms with Crippen LogP contribution in [-0.4, -0.2) is 5.11 Å². The first-order chi connectivity index (χ1) is 8.95. The number of hydrogen-bond donors (Lipinski definition) is 2. The first-order valence-corrected chi connectivity index (χ1v) is 6.26. The molecule has 0 radical (unpaired) electrons. The van der Waals surface area contributed by atoms with Gasteiger partial charge in [0.1, 0.15) is 11.6 Å². The molecule has 2 aromatic carbocycles. The first kappa shape index (κ1) is 13.4. The van der Waals surface area contributed by atoms with Crippen LogP contribution in [0.4, 0.5) is 10.1 Å². The Morgan fingerprint density at radius 2 is 1.63 bits per heavy atom. The predicted octanol–water partition coefficient (Wildman–Crippen LogP) is 4.07. The van der Waals surface area contributed by atoms with Gasteiger partial charge in [0.2, 0.25) is 0 Å². The maximum Gasteiger partial charge on any atom is 0.125 e. The van der Waals surface area contributed by atoms with Gasteiger partial charge in [-0.2, -0.15) is 0 Å². The Labute approximate surface area is 112 Å². The molecule has 100 valence electrons. The minimum absolute atomic E-state index is 0.236. The summed E-state index contributed by atoms with van der Waals surface area (Å²) in [7, 11) is 0. The van der Waals surface area contributed by atoms with Crippen molar-refractivity contribution in [1.29, 1.82) is 0 Å². The summed E-state index contributed by atoms with van der Waals surface area (Å²) in [4.78, 5) is 0. The van der Waals surface area contributed by atoms with Crippen molar-refractivity contribution in [2.75, 3.05) is 5.32 Å². The molecular weight excluding hydrogens is 241 g/mol. The molecule has 0 atom stereocenters. The lowest BCUT2D eigenvalue weighted by Crippen LogP contribution is -2.01. The second-order valence-corrected chi connectivity index (χ2v) is 4.95. The lowest BCUT2D eigenvalue weighted by Gasteiger charge is -2.11. The number of hydrogen-bond acceptors (Lipinski definition) is 2. The Bertz CT molecular complexity index is 564. The van der Waals surface area contributed by atoms with Gasteiger partial charge in [-0.15, -0.1) is 0 Å². The van der Waals surface area contributed by atoms with Crippen LogP contribution in [0.5, 0.6) is 5.75 Å². The molecule has 0 unspecified atom stereocenters. The van der Waals surface area contributed by atoms with Gasteiger partial charge in [0.05, 0.1) is 0 Å². The van der Waals surface area contributed by atoms with Gasteiger partial charge in [-0.1, -0.05) is 12.1 Å². The topological polar surface area (TPSA) is 32.3 Å². The van der Waals surface area contributed by atoms with Crippen molar-refractivity contribution < 1.29 is 9.50 Å². The predicted molar refractivity (Wildman–Crippen MR) is 76.0 cm³/mol. The Morgan fingerprint density at radius 1 is 1.00 bits per heavy atom. The van der Waals surface area contributed by atoms with Gasteiger partial charge in [-0.3, -0.25) is 0 Å². The molecular formula is C16H18FNO. The molecule has 3 heteroatoms. The van der Waals surface area contributed by atoms with Gasteiger partial charge in [-0.05, 0) is 61.2 Å². The van der Waals surface area contributed by atoms with Crippen molar-refractivity contribution in [2.24, 2.45) is 0 Å². The van der Waals surface area contributed by atoms with E-state index in [1.54, 1.807) is 0 Å². The molecule has 0 fully saturated rings. The molecule has 2 nitrogen and oxygen atoms in total. The quantitative estimate of drug-likeness (QED) is 0.871. The van der Waals surface area contributed by atoms with Crippen LogP contribution in [0.3, 0.4) is 0 Å². The fourth-order valence-electron chi connectivity index (χ4n) is 2.19. The van der Waals surface area contributed by atoms with Crippen LogP contribution in [0.25, 0.3) is 0 Å². The zero-order chi connectivity index (χ0) is 14.0. The molecule has 2 N–H and O–H groups in total. The van der Waals surface area contributed by atoms with Gasteiger partial charge in [-0.25, -0.2) is 4.39 Å². The van der Waals surface area contributed by atoms with E-state index in [0.717, 1.165) is 27.9 Å². The zero-order valence-corrected chi connectivity index (χ0v) is 11.4. The zero-order valence-electron chi connectivity index (χ0n) is 11.4. The van der Waals surface area contributed by atoms with Crippen LogP contribution in [-0.2, 0) is 6.54 Å². The highest BCUT2D eigenvalue weighted by Gasteiger charge is 2.04. The van der Waals surface area contributed by atoms with Crippen molar-refractivity contribution >= 4 is 5.69 Å². The fourth-order valence-corrected chi connectivity index (χ4v) is 2.19. The van der Waals surface area contributed by atoms with Gasteiger partial charge in [0, 0.05) is 12.2 Å². The molecule has 0 amide bonds. The van der Waals surface area contributed by atoms with Crippen molar-refractivity contribution in [3.05, 3.63) is 58.4 Å². The Balaban J connectivity index is 2.14. The summed E-state index contributed by atoms with van der Waals surface area (Å²) in [5.41, 5.74) is 4.43. The molecule has 0 aliphatic rings. The number of halogens is 1. The molecule has 0 saturated carbocycles. The number of nitrogens with one attached hydrogen (secondary N) is 1. The van der Waals surface area contributed by atoms with E-state index in [-0.39, 0.29) is 5.82 Å². The summed E-state index contributed by atoms with van der Waals surface area (Å²) < 4.78 is 13.3. The van der Waals surface area contributed by atoms with Gasteiger partial charge < -0.3 is 10.4 Å². The summed E-state index contributed by atoms with van der Waals surface area (Å²) in [6, 6.07) is 8.75. The minimum Gasteiger partial charge on any atom is -0.507 e. The van der Waals surface area contributed by atoms with E-state index in [0.29, 0.717) is 12.3 Å². The summed E-state index contributed by atoms with van der Waals surface area (Å²) in [6.45, 7) is 6.21. The molecule has 0 spiro atoms. The molecule has 2 aromatic rings. The smallest absolute Gasteiger partial charge is 0.125 e. The van der Waals surface area contributed by atoms with E-state index in [2.05, 4.69) is 5.32 Å². The number of benzene rings is 2. The summed E-state index contributed by atoms with van der Waals surface area (Å²) >= 11 is 0. The summed E-state index contributed by atoms with van der Waals surface area (Å²) in [5, 5.41) is 12.9. The second kappa shape index (κ2) is 5.31. The molecule has 2 rings (SSSR count). The average Bonchev–Trinajstić information content (AvgIpc) is 2.32. The van der Waals surface area contributed by atoms with Crippen molar-refractivity contribution in [3.63, 3.8) is 0 Å². The third-order valence-electron chi connectivity index (χ3n) is 3.09. The van der Waals surface area contributed by atoms with Crippen LogP contribution in [0.2, 0.25) is 0 Å². The van der Waals surface area contributed by atoms with Crippen molar-refractivity contribution in [3.8, 4) is 5.75 Å². The fraction of sp³-hybridized carbons (Fsp3) is 0.250. The molecule has 19 heavy (non-hydrogen) atoms. The largest absolute Gasteiger partial charge is 0.507 e. The molecule has 0 bridgehead atoms. The van der Waals surface area contributed by atoms with Crippen molar-refractivity contribution in [2.45, 2.75) is 27.3 Å². The van der Waals surface area contributed by atoms with E-state index in [1.807, 2.05) is 39.0 Å². The minimum atomic E-state index is -0.236. The van der Waals surface area contributed by atoms with E-state index in [4.69, 9.17) is 0 Å². The van der Waals surface area contributed by atoms with E-state index in [1.165, 1.54) is 12.1 Å². The highest BCUT2D eigenvalue weighted by Crippen LogP contribution is 2.23. The molecule has 0 saturated heterocycles.